The van der Waals surface area contributed by atoms with Crippen molar-refractivity contribution in [2.45, 2.75) is 49.7 Å². The molecule has 2 heterocycles. The van der Waals surface area contributed by atoms with E-state index in [0.717, 1.165) is 25.7 Å². The van der Waals surface area contributed by atoms with Crippen LogP contribution in [0.1, 0.15) is 49.4 Å². The van der Waals surface area contributed by atoms with Crippen molar-refractivity contribution in [3.8, 4) is 17.2 Å². The Labute approximate surface area is 168 Å². The van der Waals surface area contributed by atoms with Crippen LogP contribution in [0.3, 0.4) is 0 Å². The van der Waals surface area contributed by atoms with Crippen LogP contribution in [-0.2, 0) is 0 Å². The van der Waals surface area contributed by atoms with E-state index in [1.165, 1.54) is 0 Å². The zero-order valence-corrected chi connectivity index (χ0v) is 16.8. The molecule has 3 aliphatic rings. The lowest BCUT2D eigenvalue weighted by Gasteiger charge is -2.27. The van der Waals surface area contributed by atoms with Gasteiger partial charge in [-0.3, -0.25) is 9.79 Å². The largest absolute Gasteiger partial charge is 0.493 e. The van der Waals surface area contributed by atoms with Gasteiger partial charge in [0, 0.05) is 25.5 Å². The summed E-state index contributed by atoms with van der Waals surface area (Å²) in [6.45, 7) is 2.21. The molecule has 1 fully saturated rings. The SMILES string of the molecule is COc1ccc(C(=O)CC2=C(Cl)C=NCC2(C)Cl)c2c1OC1(CCCC1)O2. The summed E-state index contributed by atoms with van der Waals surface area (Å²) in [5.41, 5.74) is 1.13. The molecule has 1 spiro atoms. The number of fused-ring (bicyclic) bond motifs is 1. The summed E-state index contributed by atoms with van der Waals surface area (Å²) in [5.74, 6) is 0.724. The van der Waals surface area contributed by atoms with Gasteiger partial charge < -0.3 is 14.2 Å². The van der Waals surface area contributed by atoms with Crippen LogP contribution in [0.5, 0.6) is 17.2 Å². The first kappa shape index (κ1) is 18.6. The Kier molecular flexibility index (Phi) is 4.63. The molecule has 0 saturated heterocycles. The third kappa shape index (κ3) is 3.21. The minimum absolute atomic E-state index is 0.0972. The van der Waals surface area contributed by atoms with Crippen LogP contribution < -0.4 is 14.2 Å². The smallest absolute Gasteiger partial charge is 0.251 e. The molecule has 1 aliphatic carbocycles. The summed E-state index contributed by atoms with van der Waals surface area (Å²) in [5, 5.41) is 0.418. The van der Waals surface area contributed by atoms with Crippen LogP contribution in [0, 0.1) is 0 Å². The fraction of sp³-hybridized carbons (Fsp3) is 0.500. The number of hydrogen-bond donors (Lipinski definition) is 0. The first-order valence-corrected chi connectivity index (χ1v) is 9.81. The molecule has 0 aromatic heterocycles. The monoisotopic (exact) mass is 409 g/mol. The number of aliphatic imine (C=N–C) groups is 1. The van der Waals surface area contributed by atoms with Crippen molar-refractivity contribution < 1.29 is 19.0 Å². The van der Waals surface area contributed by atoms with E-state index in [0.29, 0.717) is 40.0 Å². The van der Waals surface area contributed by atoms with Crippen LogP contribution >= 0.6 is 23.2 Å². The molecule has 7 heteroatoms. The van der Waals surface area contributed by atoms with E-state index in [2.05, 4.69) is 4.99 Å². The minimum atomic E-state index is -0.777. The first-order chi connectivity index (χ1) is 12.9. The Morgan fingerprint density at radius 2 is 1.96 bits per heavy atom. The van der Waals surface area contributed by atoms with Crippen LogP contribution in [-0.4, -0.2) is 36.3 Å². The van der Waals surface area contributed by atoms with Crippen LogP contribution in [0.4, 0.5) is 0 Å². The number of ether oxygens (including phenoxy) is 3. The minimum Gasteiger partial charge on any atom is -0.493 e. The van der Waals surface area contributed by atoms with Crippen molar-refractivity contribution in [1.82, 2.24) is 0 Å². The number of Topliss-reactive ketones (excluding diaryl/α,β-unsaturated/α-hetero) is 1. The number of halogens is 2. The predicted molar refractivity (Wildman–Crippen MR) is 105 cm³/mol. The molecular weight excluding hydrogens is 389 g/mol. The Bertz CT molecular complexity index is 854. The van der Waals surface area contributed by atoms with Gasteiger partial charge in [0.15, 0.2) is 17.3 Å². The van der Waals surface area contributed by atoms with Crippen molar-refractivity contribution in [1.29, 1.82) is 0 Å². The second-order valence-electron chi connectivity index (χ2n) is 7.39. The summed E-state index contributed by atoms with van der Waals surface area (Å²) in [6.07, 6.45) is 5.31. The van der Waals surface area contributed by atoms with E-state index in [9.17, 15) is 4.79 Å². The second kappa shape index (κ2) is 6.71. The number of hydrogen-bond acceptors (Lipinski definition) is 5. The molecule has 1 unspecified atom stereocenters. The molecule has 27 heavy (non-hydrogen) atoms. The predicted octanol–water partition coefficient (Wildman–Crippen LogP) is 4.88. The first-order valence-electron chi connectivity index (χ1n) is 9.05. The van der Waals surface area contributed by atoms with Crippen molar-refractivity contribution in [2.75, 3.05) is 13.7 Å². The number of benzene rings is 1. The quantitative estimate of drug-likeness (QED) is 0.524. The Morgan fingerprint density at radius 1 is 1.26 bits per heavy atom. The number of dihydropyridines is 1. The molecule has 144 valence electrons. The third-order valence-corrected chi connectivity index (χ3v) is 6.06. The molecule has 4 rings (SSSR count). The van der Waals surface area contributed by atoms with E-state index in [-0.39, 0.29) is 12.2 Å². The van der Waals surface area contributed by atoms with Gasteiger partial charge in [-0.25, -0.2) is 0 Å². The van der Waals surface area contributed by atoms with Crippen LogP contribution in [0.25, 0.3) is 0 Å². The summed E-state index contributed by atoms with van der Waals surface area (Å²) in [6, 6.07) is 3.45. The van der Waals surface area contributed by atoms with Crippen LogP contribution in [0.2, 0.25) is 0 Å². The maximum atomic E-state index is 13.1. The summed E-state index contributed by atoms with van der Waals surface area (Å²) >= 11 is 12.8. The number of rotatable bonds is 4. The molecule has 0 amide bonds. The maximum Gasteiger partial charge on any atom is 0.251 e. The van der Waals surface area contributed by atoms with Crippen molar-refractivity contribution in [3.05, 3.63) is 28.3 Å². The van der Waals surface area contributed by atoms with Gasteiger partial charge >= 0.3 is 0 Å². The highest BCUT2D eigenvalue weighted by molar-refractivity contribution is 6.41. The molecule has 0 radical (unpaired) electrons. The number of ketones is 1. The van der Waals surface area contributed by atoms with Gasteiger partial charge in [0.1, 0.15) is 0 Å². The molecule has 1 atom stereocenters. The molecule has 5 nitrogen and oxygen atoms in total. The van der Waals surface area contributed by atoms with Gasteiger partial charge in [-0.15, -0.1) is 11.6 Å². The number of carbonyl (C=O) groups is 1. The standard InChI is InChI=1S/C20H21Cl2NO4/c1-19(22)11-23-10-14(21)13(19)9-15(24)12-5-6-16(25-2)18-17(12)26-20(27-18)7-3-4-8-20/h5-6,10H,3-4,7-9,11H2,1-2H3. The fourth-order valence-electron chi connectivity index (χ4n) is 3.88. The zero-order valence-electron chi connectivity index (χ0n) is 15.3. The molecule has 1 aromatic carbocycles. The van der Waals surface area contributed by atoms with Crippen LogP contribution in [0.15, 0.2) is 27.7 Å². The highest BCUT2D eigenvalue weighted by Crippen LogP contribution is 2.53. The number of allylic oxidation sites excluding steroid dienone is 1. The van der Waals surface area contributed by atoms with E-state index in [1.54, 1.807) is 25.5 Å². The average molecular weight is 410 g/mol. The second-order valence-corrected chi connectivity index (χ2v) is 8.63. The molecule has 2 aliphatic heterocycles. The molecule has 0 bridgehead atoms. The lowest BCUT2D eigenvalue weighted by atomic mass is 9.91. The summed E-state index contributed by atoms with van der Waals surface area (Å²) in [7, 11) is 1.57. The van der Waals surface area contributed by atoms with Crippen molar-refractivity contribution in [3.63, 3.8) is 0 Å². The number of carbonyl (C=O) groups excluding carboxylic acids is 1. The lowest BCUT2D eigenvalue weighted by Crippen LogP contribution is -2.34. The lowest BCUT2D eigenvalue weighted by molar-refractivity contribution is -0.0724. The highest BCUT2D eigenvalue weighted by Gasteiger charge is 2.47. The number of nitrogens with zero attached hydrogens (tertiary/aromatic N) is 1. The molecule has 1 aromatic rings. The Balaban J connectivity index is 1.68. The van der Waals surface area contributed by atoms with E-state index in [1.807, 2.05) is 6.92 Å². The topological polar surface area (TPSA) is 57.1 Å². The van der Waals surface area contributed by atoms with Crippen molar-refractivity contribution >= 4 is 35.2 Å². The van der Waals surface area contributed by atoms with Gasteiger partial charge in [0.25, 0.3) is 5.79 Å². The van der Waals surface area contributed by atoms with Gasteiger partial charge in [-0.05, 0) is 37.5 Å². The Hall–Kier alpha value is -1.72. The van der Waals surface area contributed by atoms with E-state index in [4.69, 9.17) is 37.4 Å². The summed E-state index contributed by atoms with van der Waals surface area (Å²) < 4.78 is 17.7. The van der Waals surface area contributed by atoms with E-state index < -0.39 is 10.7 Å². The Morgan fingerprint density at radius 3 is 2.63 bits per heavy atom. The number of methoxy groups -OCH3 is 1. The highest BCUT2D eigenvalue weighted by atomic mass is 35.5. The fourth-order valence-corrected chi connectivity index (χ4v) is 4.51. The van der Waals surface area contributed by atoms with Gasteiger partial charge in [-0.2, -0.15) is 0 Å². The van der Waals surface area contributed by atoms with Crippen molar-refractivity contribution in [2.24, 2.45) is 4.99 Å². The average Bonchev–Trinajstić information content (AvgIpc) is 3.23. The molecule has 0 N–H and O–H groups in total. The maximum absolute atomic E-state index is 13.1. The molecule has 1 saturated carbocycles. The third-order valence-electron chi connectivity index (χ3n) is 5.39. The normalized spacial score (nSPS) is 25.3. The van der Waals surface area contributed by atoms with Gasteiger partial charge in [-0.1, -0.05) is 11.6 Å². The number of alkyl halides is 1. The van der Waals surface area contributed by atoms with Gasteiger partial charge in [0.05, 0.1) is 29.1 Å². The molecular formula is C20H21Cl2NO4. The summed E-state index contributed by atoms with van der Waals surface area (Å²) in [4.78, 5) is 16.5. The van der Waals surface area contributed by atoms with Gasteiger partial charge in [0.2, 0.25) is 5.75 Å². The zero-order chi connectivity index (χ0) is 19.2. The van der Waals surface area contributed by atoms with E-state index >= 15 is 0 Å².